The molecule has 18 heavy (non-hydrogen) atoms. The molecule has 1 saturated carbocycles. The Kier molecular flexibility index (Phi) is 6.78. The standard InChI is InChI=1S/C16H31BrSi/c1-2-11-18-12-9-15(10-13-18)4-3-14-5-7-16(17)8-6-14/h14-16,18H,2-13H2,1H3. The normalized spacial score (nSPS) is 37.7. The Balaban J connectivity index is 1.57. The lowest BCUT2D eigenvalue weighted by Gasteiger charge is -2.30. The van der Waals surface area contributed by atoms with E-state index in [0.717, 1.165) is 16.7 Å². The van der Waals surface area contributed by atoms with Crippen molar-refractivity contribution in [3.8, 4) is 0 Å². The lowest BCUT2D eigenvalue weighted by atomic mass is 9.83. The summed E-state index contributed by atoms with van der Waals surface area (Å²) in [5.74, 6) is 2.19. The van der Waals surface area contributed by atoms with E-state index in [1.165, 1.54) is 32.1 Å². The molecule has 2 rings (SSSR count). The van der Waals surface area contributed by atoms with Crippen molar-refractivity contribution in [1.29, 1.82) is 0 Å². The number of halogens is 1. The van der Waals surface area contributed by atoms with Gasteiger partial charge in [-0.1, -0.05) is 73.1 Å². The molecule has 0 atom stereocenters. The van der Waals surface area contributed by atoms with Crippen molar-refractivity contribution in [1.82, 2.24) is 0 Å². The first-order chi connectivity index (χ1) is 8.78. The largest absolute Gasteiger partial charge is 0.0891 e. The highest BCUT2D eigenvalue weighted by molar-refractivity contribution is 9.09. The summed E-state index contributed by atoms with van der Waals surface area (Å²) >= 11 is 3.77. The van der Waals surface area contributed by atoms with Crippen LogP contribution in [-0.2, 0) is 0 Å². The van der Waals surface area contributed by atoms with Crippen LogP contribution < -0.4 is 0 Å². The lowest BCUT2D eigenvalue weighted by molar-refractivity contribution is 0.304. The molecule has 0 unspecified atom stereocenters. The van der Waals surface area contributed by atoms with Crippen molar-refractivity contribution >= 4 is 24.7 Å². The van der Waals surface area contributed by atoms with Crippen LogP contribution in [0.4, 0.5) is 0 Å². The van der Waals surface area contributed by atoms with Crippen LogP contribution in [0.25, 0.3) is 0 Å². The van der Waals surface area contributed by atoms with E-state index in [1.54, 1.807) is 43.8 Å². The molecule has 2 heteroatoms. The van der Waals surface area contributed by atoms with Crippen LogP contribution in [0.2, 0.25) is 18.1 Å². The van der Waals surface area contributed by atoms with Gasteiger partial charge in [-0.25, -0.2) is 0 Å². The topological polar surface area (TPSA) is 0 Å². The maximum absolute atomic E-state index is 3.77. The molecule has 1 aliphatic heterocycles. The fourth-order valence-corrected chi connectivity index (χ4v) is 8.20. The Bertz CT molecular complexity index is 215. The third kappa shape index (κ3) is 5.00. The zero-order chi connectivity index (χ0) is 12.8. The maximum Gasteiger partial charge on any atom is 0.0367 e. The van der Waals surface area contributed by atoms with Gasteiger partial charge in [-0.15, -0.1) is 0 Å². The molecule has 2 fully saturated rings. The van der Waals surface area contributed by atoms with Crippen molar-refractivity contribution in [2.24, 2.45) is 11.8 Å². The zero-order valence-corrected chi connectivity index (χ0v) is 14.9. The Labute approximate surface area is 124 Å². The predicted molar refractivity (Wildman–Crippen MR) is 88.5 cm³/mol. The third-order valence-electron chi connectivity index (χ3n) is 5.42. The quantitative estimate of drug-likeness (QED) is 0.443. The fraction of sp³-hybridized carbons (Fsp3) is 1.00. The summed E-state index contributed by atoms with van der Waals surface area (Å²) in [4.78, 5) is 0.837. The average Bonchev–Trinajstić information content (AvgIpc) is 2.40. The van der Waals surface area contributed by atoms with Crippen LogP contribution in [0.5, 0.6) is 0 Å². The number of rotatable bonds is 5. The van der Waals surface area contributed by atoms with Crippen molar-refractivity contribution in [2.45, 2.75) is 87.7 Å². The first-order valence-corrected chi connectivity index (χ1v) is 11.8. The van der Waals surface area contributed by atoms with Gasteiger partial charge in [0.2, 0.25) is 0 Å². The van der Waals surface area contributed by atoms with Gasteiger partial charge in [0.25, 0.3) is 0 Å². The van der Waals surface area contributed by atoms with Crippen LogP contribution in [-0.4, -0.2) is 13.6 Å². The summed E-state index contributed by atoms with van der Waals surface area (Å²) in [6.45, 7) is 2.37. The molecular formula is C16H31BrSi. The first kappa shape index (κ1) is 15.1. The predicted octanol–water partition coefficient (Wildman–Crippen LogP) is 5.77. The van der Waals surface area contributed by atoms with Gasteiger partial charge in [-0.05, 0) is 37.5 Å². The molecule has 1 saturated heterocycles. The molecule has 0 aromatic carbocycles. The van der Waals surface area contributed by atoms with E-state index >= 15 is 0 Å². The molecule has 106 valence electrons. The molecule has 0 nitrogen and oxygen atoms in total. The summed E-state index contributed by atoms with van der Waals surface area (Å²) in [5, 5.41) is 0. The molecule has 0 aromatic rings. The smallest absolute Gasteiger partial charge is 0.0367 e. The highest BCUT2D eigenvalue weighted by Gasteiger charge is 2.24. The Morgan fingerprint density at radius 1 is 0.889 bits per heavy atom. The molecule has 1 aliphatic carbocycles. The minimum absolute atomic E-state index is 0.238. The molecule has 1 heterocycles. The molecule has 0 bridgehead atoms. The van der Waals surface area contributed by atoms with Crippen molar-refractivity contribution in [2.75, 3.05) is 0 Å². The van der Waals surface area contributed by atoms with E-state index in [0.29, 0.717) is 0 Å². The summed E-state index contributed by atoms with van der Waals surface area (Å²) in [6, 6.07) is 4.97. The van der Waals surface area contributed by atoms with E-state index in [2.05, 4.69) is 22.9 Å². The summed E-state index contributed by atoms with van der Waals surface area (Å²) in [6.07, 6.45) is 13.6. The minimum atomic E-state index is -0.238. The summed E-state index contributed by atoms with van der Waals surface area (Å²) in [7, 11) is -0.238. The number of hydrogen-bond acceptors (Lipinski definition) is 0. The van der Waals surface area contributed by atoms with E-state index < -0.39 is 0 Å². The van der Waals surface area contributed by atoms with Gasteiger partial charge >= 0.3 is 0 Å². The number of alkyl halides is 1. The maximum atomic E-state index is 3.77. The summed E-state index contributed by atoms with van der Waals surface area (Å²) in [5.41, 5.74) is 0. The van der Waals surface area contributed by atoms with E-state index in [1.807, 2.05) is 0 Å². The fourth-order valence-electron chi connectivity index (χ4n) is 4.10. The van der Waals surface area contributed by atoms with Gasteiger partial charge in [0, 0.05) is 13.6 Å². The van der Waals surface area contributed by atoms with Crippen LogP contribution in [0.15, 0.2) is 0 Å². The Morgan fingerprint density at radius 3 is 2.00 bits per heavy atom. The van der Waals surface area contributed by atoms with Crippen molar-refractivity contribution < 1.29 is 0 Å². The molecule has 0 radical (unpaired) electrons. The van der Waals surface area contributed by atoms with Crippen molar-refractivity contribution in [3.05, 3.63) is 0 Å². The Morgan fingerprint density at radius 2 is 1.44 bits per heavy atom. The van der Waals surface area contributed by atoms with Gasteiger partial charge in [0.05, 0.1) is 0 Å². The molecule has 0 aromatic heterocycles. The second-order valence-electron chi connectivity index (χ2n) is 6.87. The van der Waals surface area contributed by atoms with Crippen LogP contribution in [0.3, 0.4) is 0 Å². The van der Waals surface area contributed by atoms with Crippen LogP contribution in [0.1, 0.15) is 64.7 Å². The van der Waals surface area contributed by atoms with Crippen molar-refractivity contribution in [3.63, 3.8) is 0 Å². The average molecular weight is 331 g/mol. The molecular weight excluding hydrogens is 300 g/mol. The van der Waals surface area contributed by atoms with E-state index in [4.69, 9.17) is 0 Å². The minimum Gasteiger partial charge on any atom is -0.0891 e. The highest BCUT2D eigenvalue weighted by atomic mass is 79.9. The second-order valence-corrected chi connectivity index (χ2v) is 11.6. The van der Waals surface area contributed by atoms with Gasteiger partial charge in [-0.2, -0.15) is 0 Å². The van der Waals surface area contributed by atoms with Crippen LogP contribution in [0, 0.1) is 11.8 Å². The lowest BCUT2D eigenvalue weighted by Crippen LogP contribution is -2.22. The van der Waals surface area contributed by atoms with Gasteiger partial charge in [0.15, 0.2) is 0 Å². The van der Waals surface area contributed by atoms with Gasteiger partial charge < -0.3 is 0 Å². The number of hydrogen-bond donors (Lipinski definition) is 0. The highest BCUT2D eigenvalue weighted by Crippen LogP contribution is 2.35. The molecule has 0 spiro atoms. The second kappa shape index (κ2) is 8.09. The van der Waals surface area contributed by atoms with E-state index in [9.17, 15) is 0 Å². The van der Waals surface area contributed by atoms with Gasteiger partial charge in [-0.3, -0.25) is 0 Å². The molecule has 0 N–H and O–H groups in total. The SMILES string of the molecule is CCC[SiH]1CCC(CCC2CCC(Br)CC2)CC1. The Hall–Kier alpha value is 0.697. The first-order valence-electron chi connectivity index (χ1n) is 8.42. The monoisotopic (exact) mass is 330 g/mol. The van der Waals surface area contributed by atoms with Crippen LogP contribution >= 0.6 is 15.9 Å². The van der Waals surface area contributed by atoms with Gasteiger partial charge in [0.1, 0.15) is 0 Å². The van der Waals surface area contributed by atoms with E-state index in [-0.39, 0.29) is 8.80 Å². The summed E-state index contributed by atoms with van der Waals surface area (Å²) < 4.78 is 0. The third-order valence-corrected chi connectivity index (χ3v) is 10.0. The zero-order valence-electron chi connectivity index (χ0n) is 12.2. The molecule has 2 aliphatic rings. The molecule has 0 amide bonds.